The van der Waals surface area contributed by atoms with Gasteiger partial charge in [0.15, 0.2) is 11.5 Å². The normalized spacial score (nSPS) is 10.8. The van der Waals surface area contributed by atoms with Crippen molar-refractivity contribution in [3.05, 3.63) is 100 Å². The quantitative estimate of drug-likeness (QED) is 0.545. The number of fused-ring (bicyclic) bond motifs is 1. The minimum atomic E-state index is -0.193. The van der Waals surface area contributed by atoms with Crippen LogP contribution in [0.15, 0.2) is 77.6 Å². The van der Waals surface area contributed by atoms with E-state index in [1.54, 1.807) is 19.1 Å². The molecule has 0 aliphatic carbocycles. The van der Waals surface area contributed by atoms with Crippen LogP contribution in [0.25, 0.3) is 10.9 Å². The van der Waals surface area contributed by atoms with Gasteiger partial charge in [0, 0.05) is 6.07 Å². The van der Waals surface area contributed by atoms with E-state index in [1.807, 2.05) is 60.7 Å². The summed E-state index contributed by atoms with van der Waals surface area (Å²) < 4.78 is 12.0. The fourth-order valence-electron chi connectivity index (χ4n) is 2.96. The predicted molar refractivity (Wildman–Crippen MR) is 109 cm³/mol. The smallest absolute Gasteiger partial charge is 0.258 e. The molecule has 0 aliphatic heterocycles. The summed E-state index contributed by atoms with van der Waals surface area (Å²) >= 11 is 0. The van der Waals surface area contributed by atoms with Crippen LogP contribution < -0.4 is 15.0 Å². The molecule has 0 spiro atoms. The summed E-state index contributed by atoms with van der Waals surface area (Å²) in [7, 11) is 0. The van der Waals surface area contributed by atoms with E-state index in [2.05, 4.69) is 9.97 Å². The van der Waals surface area contributed by atoms with Gasteiger partial charge in [-0.2, -0.15) is 0 Å². The highest BCUT2D eigenvalue weighted by Crippen LogP contribution is 2.32. The Bertz CT molecular complexity index is 1140. The van der Waals surface area contributed by atoms with Crippen LogP contribution in [0.2, 0.25) is 0 Å². The molecule has 0 amide bonds. The molecule has 0 radical (unpaired) electrons. The first kappa shape index (κ1) is 17.8. The van der Waals surface area contributed by atoms with Crippen molar-refractivity contribution >= 4 is 10.9 Å². The van der Waals surface area contributed by atoms with Gasteiger partial charge in [-0.1, -0.05) is 60.7 Å². The van der Waals surface area contributed by atoms with Crippen LogP contribution in [-0.2, 0) is 13.2 Å². The van der Waals surface area contributed by atoms with Crippen molar-refractivity contribution in [2.24, 2.45) is 0 Å². The van der Waals surface area contributed by atoms with Crippen LogP contribution in [0.3, 0.4) is 0 Å². The van der Waals surface area contributed by atoms with Crippen molar-refractivity contribution < 1.29 is 9.47 Å². The molecule has 1 heterocycles. The lowest BCUT2D eigenvalue weighted by Crippen LogP contribution is -2.10. The number of aryl methyl sites for hydroxylation is 1. The van der Waals surface area contributed by atoms with Gasteiger partial charge < -0.3 is 14.5 Å². The Kier molecular flexibility index (Phi) is 5.06. The van der Waals surface area contributed by atoms with Crippen molar-refractivity contribution in [1.29, 1.82) is 0 Å². The van der Waals surface area contributed by atoms with Crippen LogP contribution in [0.1, 0.15) is 17.0 Å². The zero-order valence-electron chi connectivity index (χ0n) is 15.5. The number of aromatic nitrogens is 2. The molecule has 0 bridgehead atoms. The lowest BCUT2D eigenvalue weighted by Gasteiger charge is -2.14. The molecule has 28 heavy (non-hydrogen) atoms. The van der Waals surface area contributed by atoms with E-state index < -0.39 is 0 Å². The Morgan fingerprint density at radius 1 is 0.821 bits per heavy atom. The largest absolute Gasteiger partial charge is 0.485 e. The highest BCUT2D eigenvalue weighted by Gasteiger charge is 2.12. The van der Waals surface area contributed by atoms with Crippen molar-refractivity contribution in [3.63, 3.8) is 0 Å². The SMILES string of the molecule is Cc1nc2cc(OCc3ccccc3)c(OCc3ccccc3)cc2c(=O)[nH]1. The number of nitrogens with one attached hydrogen (secondary N) is 1. The molecule has 1 aromatic heterocycles. The van der Waals surface area contributed by atoms with Crippen molar-refractivity contribution in [2.75, 3.05) is 0 Å². The average molecular weight is 372 g/mol. The highest BCUT2D eigenvalue weighted by molar-refractivity contribution is 5.81. The van der Waals surface area contributed by atoms with Gasteiger partial charge in [0.05, 0.1) is 10.9 Å². The molecule has 0 fully saturated rings. The summed E-state index contributed by atoms with van der Waals surface area (Å²) in [4.78, 5) is 19.5. The Labute approximate surface area is 162 Å². The van der Waals surface area contributed by atoms with Crippen LogP contribution >= 0.6 is 0 Å². The van der Waals surface area contributed by atoms with Gasteiger partial charge in [-0.25, -0.2) is 4.98 Å². The van der Waals surface area contributed by atoms with E-state index in [9.17, 15) is 4.79 Å². The number of H-pyrrole nitrogens is 1. The van der Waals surface area contributed by atoms with Gasteiger partial charge in [0.2, 0.25) is 0 Å². The summed E-state index contributed by atoms with van der Waals surface area (Å²) in [5, 5.41) is 0.473. The second-order valence-electron chi connectivity index (χ2n) is 6.52. The lowest BCUT2D eigenvalue weighted by atomic mass is 10.2. The summed E-state index contributed by atoms with van der Waals surface area (Å²) in [5.41, 5.74) is 2.47. The Morgan fingerprint density at radius 3 is 1.93 bits per heavy atom. The minimum absolute atomic E-state index is 0.193. The Hall–Kier alpha value is -3.60. The average Bonchev–Trinajstić information content (AvgIpc) is 2.72. The topological polar surface area (TPSA) is 64.2 Å². The Morgan fingerprint density at radius 2 is 1.36 bits per heavy atom. The third kappa shape index (κ3) is 4.04. The van der Waals surface area contributed by atoms with Gasteiger partial charge in [-0.05, 0) is 24.1 Å². The van der Waals surface area contributed by atoms with Crippen molar-refractivity contribution in [1.82, 2.24) is 9.97 Å². The maximum Gasteiger partial charge on any atom is 0.258 e. The number of aromatic amines is 1. The zero-order chi connectivity index (χ0) is 19.3. The molecule has 0 aliphatic rings. The Balaban J connectivity index is 1.68. The molecule has 5 heteroatoms. The molecule has 1 N–H and O–H groups in total. The first-order valence-corrected chi connectivity index (χ1v) is 9.07. The van der Waals surface area contributed by atoms with Crippen LogP contribution in [0.5, 0.6) is 11.5 Å². The van der Waals surface area contributed by atoms with Crippen molar-refractivity contribution in [3.8, 4) is 11.5 Å². The molecule has 0 atom stereocenters. The van der Waals surface area contributed by atoms with Crippen LogP contribution in [0, 0.1) is 6.92 Å². The fourth-order valence-corrected chi connectivity index (χ4v) is 2.96. The summed E-state index contributed by atoms with van der Waals surface area (Å²) in [6, 6.07) is 23.2. The molecule has 5 nitrogen and oxygen atoms in total. The maximum atomic E-state index is 12.3. The number of rotatable bonds is 6. The molecular weight excluding hydrogens is 352 g/mol. The second-order valence-corrected chi connectivity index (χ2v) is 6.52. The predicted octanol–water partition coefficient (Wildman–Crippen LogP) is 4.39. The third-order valence-electron chi connectivity index (χ3n) is 4.36. The number of hydrogen-bond acceptors (Lipinski definition) is 4. The number of nitrogens with zero attached hydrogens (tertiary/aromatic N) is 1. The van der Waals surface area contributed by atoms with Gasteiger partial charge in [0.25, 0.3) is 5.56 Å². The molecule has 140 valence electrons. The van der Waals surface area contributed by atoms with E-state index in [1.165, 1.54) is 0 Å². The molecule has 0 saturated carbocycles. The van der Waals surface area contributed by atoms with Crippen LogP contribution in [-0.4, -0.2) is 9.97 Å². The van der Waals surface area contributed by atoms with E-state index in [4.69, 9.17) is 9.47 Å². The summed E-state index contributed by atoms with van der Waals surface area (Å²) in [5.74, 6) is 1.64. The third-order valence-corrected chi connectivity index (χ3v) is 4.36. The van der Waals surface area contributed by atoms with Gasteiger partial charge in [0.1, 0.15) is 19.0 Å². The van der Waals surface area contributed by atoms with Crippen LogP contribution in [0.4, 0.5) is 0 Å². The van der Waals surface area contributed by atoms with Crippen molar-refractivity contribution in [2.45, 2.75) is 20.1 Å². The summed E-state index contributed by atoms with van der Waals surface area (Å²) in [6.07, 6.45) is 0. The number of ether oxygens (including phenoxy) is 2. The molecule has 4 rings (SSSR count). The first-order valence-electron chi connectivity index (χ1n) is 9.07. The first-order chi connectivity index (χ1) is 13.7. The lowest BCUT2D eigenvalue weighted by molar-refractivity contribution is 0.256. The number of hydrogen-bond donors (Lipinski definition) is 1. The molecule has 0 unspecified atom stereocenters. The standard InChI is InChI=1S/C23H20N2O3/c1-16-24-20-13-22(28-15-18-10-6-3-7-11-18)21(12-19(20)23(26)25-16)27-14-17-8-4-2-5-9-17/h2-13H,14-15H2,1H3,(H,24,25,26). The van der Waals surface area contributed by atoms with Gasteiger partial charge >= 0.3 is 0 Å². The molecule has 0 saturated heterocycles. The number of benzene rings is 3. The second kappa shape index (κ2) is 7.96. The van der Waals surface area contributed by atoms with E-state index >= 15 is 0 Å². The van der Waals surface area contributed by atoms with E-state index in [-0.39, 0.29) is 5.56 Å². The summed E-state index contributed by atoms with van der Waals surface area (Å²) in [6.45, 7) is 2.53. The highest BCUT2D eigenvalue weighted by atomic mass is 16.5. The van der Waals surface area contributed by atoms with E-state index in [0.717, 1.165) is 11.1 Å². The van der Waals surface area contributed by atoms with Gasteiger partial charge in [-0.15, -0.1) is 0 Å². The molecule has 4 aromatic rings. The monoisotopic (exact) mass is 372 g/mol. The molecule has 3 aromatic carbocycles. The maximum absolute atomic E-state index is 12.3. The minimum Gasteiger partial charge on any atom is -0.485 e. The van der Waals surface area contributed by atoms with Gasteiger partial charge in [-0.3, -0.25) is 4.79 Å². The molecular formula is C23H20N2O3. The zero-order valence-corrected chi connectivity index (χ0v) is 15.5. The van der Waals surface area contributed by atoms with E-state index in [0.29, 0.717) is 41.4 Å². The fraction of sp³-hybridized carbons (Fsp3) is 0.130.